The van der Waals surface area contributed by atoms with Crippen molar-refractivity contribution in [3.8, 4) is 17.0 Å². The fourth-order valence-electron chi connectivity index (χ4n) is 2.27. The predicted molar refractivity (Wildman–Crippen MR) is 107 cm³/mol. The van der Waals surface area contributed by atoms with Crippen LogP contribution in [-0.2, 0) is 4.79 Å². The van der Waals surface area contributed by atoms with E-state index >= 15 is 0 Å². The third-order valence-electron chi connectivity index (χ3n) is 3.46. The summed E-state index contributed by atoms with van der Waals surface area (Å²) in [6.45, 7) is 2.78. The first kappa shape index (κ1) is 18.2. The second-order valence-corrected chi connectivity index (χ2v) is 6.73. The third-order valence-corrected chi connectivity index (χ3v) is 4.51. The third kappa shape index (κ3) is 4.97. The van der Waals surface area contributed by atoms with E-state index in [2.05, 4.69) is 15.6 Å². The van der Waals surface area contributed by atoms with Crippen molar-refractivity contribution in [1.29, 1.82) is 0 Å². The lowest BCUT2D eigenvalue weighted by atomic mass is 10.1. The number of halogens is 1. The van der Waals surface area contributed by atoms with Crippen LogP contribution < -0.4 is 15.4 Å². The quantitative estimate of drug-likeness (QED) is 0.604. The number of amides is 1. The minimum absolute atomic E-state index is 0.0763. The Labute approximate surface area is 161 Å². The van der Waals surface area contributed by atoms with Crippen LogP contribution >= 0.6 is 22.9 Å². The molecular weight excluding hydrogens is 370 g/mol. The van der Waals surface area contributed by atoms with Crippen LogP contribution in [0.5, 0.6) is 5.75 Å². The highest BCUT2D eigenvalue weighted by Gasteiger charge is 2.07. The number of thiazole rings is 1. The van der Waals surface area contributed by atoms with Gasteiger partial charge in [-0.05, 0) is 43.3 Å². The van der Waals surface area contributed by atoms with Gasteiger partial charge in [-0.15, -0.1) is 11.3 Å². The second-order valence-electron chi connectivity index (χ2n) is 5.44. The van der Waals surface area contributed by atoms with Crippen LogP contribution in [0.2, 0.25) is 5.02 Å². The number of nitrogens with zero attached hydrogens (tertiary/aromatic N) is 1. The normalized spacial score (nSPS) is 10.4. The van der Waals surface area contributed by atoms with Crippen molar-refractivity contribution in [3.05, 3.63) is 58.9 Å². The second kappa shape index (κ2) is 8.69. The van der Waals surface area contributed by atoms with E-state index in [0.717, 1.165) is 22.9 Å². The monoisotopic (exact) mass is 387 g/mol. The Kier molecular flexibility index (Phi) is 6.09. The van der Waals surface area contributed by atoms with E-state index in [9.17, 15) is 4.79 Å². The molecule has 1 aromatic heterocycles. The molecule has 5 nitrogen and oxygen atoms in total. The molecule has 0 bridgehead atoms. The molecule has 0 fully saturated rings. The average Bonchev–Trinajstić information content (AvgIpc) is 3.11. The Morgan fingerprint density at radius 3 is 2.81 bits per heavy atom. The van der Waals surface area contributed by atoms with E-state index < -0.39 is 0 Å². The zero-order valence-electron chi connectivity index (χ0n) is 14.2. The summed E-state index contributed by atoms with van der Waals surface area (Å²) in [4.78, 5) is 16.6. The first-order valence-electron chi connectivity index (χ1n) is 8.12. The molecule has 0 atom stereocenters. The van der Waals surface area contributed by atoms with Gasteiger partial charge in [0.25, 0.3) is 5.91 Å². The standard InChI is InChI=1S/C19H18ClN3O2S/c1-2-21-19-23-17(12-26-19)13-4-3-5-15(10-13)22-18(24)11-25-16-8-6-14(20)7-9-16/h3-10,12H,2,11H2,1H3,(H,21,23)(H,22,24). The van der Waals surface area contributed by atoms with Crippen molar-refractivity contribution in [3.63, 3.8) is 0 Å². The lowest BCUT2D eigenvalue weighted by Crippen LogP contribution is -2.20. The number of rotatable bonds is 7. The van der Waals surface area contributed by atoms with Gasteiger partial charge in [-0.2, -0.15) is 0 Å². The van der Waals surface area contributed by atoms with E-state index in [1.165, 1.54) is 0 Å². The van der Waals surface area contributed by atoms with E-state index in [1.807, 2.05) is 36.6 Å². The molecular formula is C19H18ClN3O2S. The van der Waals surface area contributed by atoms with Crippen LogP contribution in [0.25, 0.3) is 11.3 Å². The number of hydrogen-bond acceptors (Lipinski definition) is 5. The Bertz CT molecular complexity index is 881. The zero-order chi connectivity index (χ0) is 18.4. The van der Waals surface area contributed by atoms with E-state index in [-0.39, 0.29) is 12.5 Å². The highest BCUT2D eigenvalue weighted by atomic mass is 35.5. The smallest absolute Gasteiger partial charge is 0.262 e. The summed E-state index contributed by atoms with van der Waals surface area (Å²) >= 11 is 7.38. The molecule has 0 spiro atoms. The van der Waals surface area contributed by atoms with Gasteiger partial charge in [0.15, 0.2) is 11.7 Å². The van der Waals surface area contributed by atoms with Crippen molar-refractivity contribution in [2.24, 2.45) is 0 Å². The summed E-state index contributed by atoms with van der Waals surface area (Å²) in [7, 11) is 0. The first-order chi connectivity index (χ1) is 12.6. The van der Waals surface area contributed by atoms with Gasteiger partial charge in [0.05, 0.1) is 5.69 Å². The number of anilines is 2. The minimum atomic E-state index is -0.233. The van der Waals surface area contributed by atoms with Gasteiger partial charge in [0, 0.05) is 28.2 Å². The van der Waals surface area contributed by atoms with Crippen molar-refractivity contribution in [1.82, 2.24) is 4.98 Å². The Morgan fingerprint density at radius 2 is 2.04 bits per heavy atom. The maximum absolute atomic E-state index is 12.1. The Hall–Kier alpha value is -2.57. The molecule has 2 aromatic carbocycles. The Morgan fingerprint density at radius 1 is 1.23 bits per heavy atom. The van der Waals surface area contributed by atoms with E-state index in [1.54, 1.807) is 35.6 Å². The fourth-order valence-corrected chi connectivity index (χ4v) is 3.19. The molecule has 0 unspecified atom stereocenters. The summed E-state index contributed by atoms with van der Waals surface area (Å²) in [6.07, 6.45) is 0. The fraction of sp³-hybridized carbons (Fsp3) is 0.158. The molecule has 1 amide bonds. The first-order valence-corrected chi connectivity index (χ1v) is 9.38. The molecule has 0 aliphatic rings. The van der Waals surface area contributed by atoms with Crippen molar-refractivity contribution in [2.75, 3.05) is 23.8 Å². The zero-order valence-corrected chi connectivity index (χ0v) is 15.7. The molecule has 7 heteroatoms. The molecule has 1 heterocycles. The largest absolute Gasteiger partial charge is 0.484 e. The lowest BCUT2D eigenvalue weighted by Gasteiger charge is -2.08. The summed E-state index contributed by atoms with van der Waals surface area (Å²) in [5.74, 6) is 0.362. The topological polar surface area (TPSA) is 63.2 Å². The van der Waals surface area contributed by atoms with E-state index in [0.29, 0.717) is 16.5 Å². The predicted octanol–water partition coefficient (Wildman–Crippen LogP) is 4.91. The summed E-state index contributed by atoms with van der Waals surface area (Å²) in [5.41, 5.74) is 2.52. The minimum Gasteiger partial charge on any atom is -0.484 e. The van der Waals surface area contributed by atoms with Gasteiger partial charge < -0.3 is 15.4 Å². The van der Waals surface area contributed by atoms with Gasteiger partial charge in [0.1, 0.15) is 5.75 Å². The molecule has 3 rings (SSSR count). The number of carbonyl (C=O) groups is 1. The van der Waals surface area contributed by atoms with E-state index in [4.69, 9.17) is 16.3 Å². The van der Waals surface area contributed by atoms with Crippen LogP contribution in [0.4, 0.5) is 10.8 Å². The molecule has 0 aliphatic heterocycles. The maximum atomic E-state index is 12.1. The lowest BCUT2D eigenvalue weighted by molar-refractivity contribution is -0.118. The Balaban J connectivity index is 1.60. The molecule has 0 radical (unpaired) electrons. The number of aromatic nitrogens is 1. The van der Waals surface area contributed by atoms with Crippen LogP contribution in [0.1, 0.15) is 6.92 Å². The molecule has 134 valence electrons. The van der Waals surface area contributed by atoms with Gasteiger partial charge in [0.2, 0.25) is 0 Å². The summed E-state index contributed by atoms with van der Waals surface area (Å²) in [6, 6.07) is 14.5. The molecule has 0 saturated heterocycles. The van der Waals surface area contributed by atoms with Crippen LogP contribution in [-0.4, -0.2) is 24.0 Å². The molecule has 3 aromatic rings. The van der Waals surface area contributed by atoms with Crippen LogP contribution in [0.3, 0.4) is 0 Å². The maximum Gasteiger partial charge on any atom is 0.262 e. The molecule has 2 N–H and O–H groups in total. The van der Waals surface area contributed by atoms with Gasteiger partial charge in [-0.1, -0.05) is 23.7 Å². The van der Waals surface area contributed by atoms with Crippen molar-refractivity contribution >= 4 is 39.7 Å². The highest BCUT2D eigenvalue weighted by molar-refractivity contribution is 7.14. The number of carbonyl (C=O) groups excluding carboxylic acids is 1. The van der Waals surface area contributed by atoms with Gasteiger partial charge in [-0.25, -0.2) is 4.98 Å². The summed E-state index contributed by atoms with van der Waals surface area (Å²) < 4.78 is 5.45. The van der Waals surface area contributed by atoms with Crippen molar-refractivity contribution in [2.45, 2.75) is 6.92 Å². The molecule has 0 aliphatic carbocycles. The van der Waals surface area contributed by atoms with Crippen LogP contribution in [0.15, 0.2) is 53.9 Å². The number of nitrogens with one attached hydrogen (secondary N) is 2. The number of hydrogen-bond donors (Lipinski definition) is 2. The number of benzene rings is 2. The van der Waals surface area contributed by atoms with Crippen LogP contribution in [0, 0.1) is 0 Å². The molecule has 26 heavy (non-hydrogen) atoms. The summed E-state index contributed by atoms with van der Waals surface area (Å²) in [5, 5.41) is 9.52. The van der Waals surface area contributed by atoms with Gasteiger partial charge in [-0.3, -0.25) is 4.79 Å². The molecule has 0 saturated carbocycles. The SMILES string of the molecule is CCNc1nc(-c2cccc(NC(=O)COc3ccc(Cl)cc3)c2)cs1. The van der Waals surface area contributed by atoms with Crippen molar-refractivity contribution < 1.29 is 9.53 Å². The average molecular weight is 388 g/mol. The van der Waals surface area contributed by atoms with Gasteiger partial charge >= 0.3 is 0 Å². The number of ether oxygens (including phenoxy) is 1. The highest BCUT2D eigenvalue weighted by Crippen LogP contribution is 2.26.